The zero-order chi connectivity index (χ0) is 19.7. The molecule has 1 aromatic heterocycles. The summed E-state index contributed by atoms with van der Waals surface area (Å²) in [5.74, 6) is 0.910. The second-order valence-electron chi connectivity index (χ2n) is 7.53. The Bertz CT molecular complexity index is 900. The van der Waals surface area contributed by atoms with Crippen LogP contribution in [0.15, 0.2) is 36.4 Å². The molecule has 2 aliphatic rings. The summed E-state index contributed by atoms with van der Waals surface area (Å²) < 4.78 is 28.1. The molecule has 9 heteroatoms. The van der Waals surface area contributed by atoms with Gasteiger partial charge in [0, 0.05) is 36.4 Å². The first-order valence-electron chi connectivity index (χ1n) is 9.66. The van der Waals surface area contributed by atoms with Crippen molar-refractivity contribution in [3.05, 3.63) is 36.4 Å². The van der Waals surface area contributed by atoms with Gasteiger partial charge in [0.15, 0.2) is 5.82 Å². The van der Waals surface area contributed by atoms with Crippen LogP contribution in [0.3, 0.4) is 0 Å². The number of sulfonamides is 1. The van der Waals surface area contributed by atoms with Crippen molar-refractivity contribution in [1.29, 1.82) is 0 Å². The van der Waals surface area contributed by atoms with Crippen molar-refractivity contribution in [1.82, 2.24) is 21.0 Å². The molecule has 0 bridgehead atoms. The number of nitrogens with one attached hydrogen (secondary N) is 3. The van der Waals surface area contributed by atoms with Gasteiger partial charge in [-0.15, -0.1) is 10.2 Å². The molecule has 8 nitrogen and oxygen atoms in total. The maximum atomic E-state index is 12.7. The van der Waals surface area contributed by atoms with E-state index in [1.807, 2.05) is 38.1 Å². The van der Waals surface area contributed by atoms with Crippen molar-refractivity contribution in [2.75, 3.05) is 22.7 Å². The van der Waals surface area contributed by atoms with Crippen molar-refractivity contribution >= 4 is 21.5 Å². The monoisotopic (exact) mass is 402 g/mol. The molecule has 3 N–H and O–H groups in total. The first-order valence-corrected chi connectivity index (χ1v) is 11.2. The third kappa shape index (κ3) is 3.82. The van der Waals surface area contributed by atoms with E-state index < -0.39 is 15.3 Å². The number of aromatic nitrogens is 2. The molecular weight excluding hydrogens is 376 g/mol. The summed E-state index contributed by atoms with van der Waals surface area (Å²) in [7, 11) is -3.51. The molecule has 28 heavy (non-hydrogen) atoms. The summed E-state index contributed by atoms with van der Waals surface area (Å²) in [5.41, 5.74) is 8.16. The topological polar surface area (TPSA) is 99.2 Å². The van der Waals surface area contributed by atoms with Gasteiger partial charge in [-0.2, -0.15) is 0 Å². The molecule has 2 saturated heterocycles. The zero-order valence-corrected chi connectivity index (χ0v) is 16.9. The SMILES string of the molecule is CC1NNC(C)C1S(=O)(=O)Nc1ccc(-c2ccc(N3CCCC3)nn2)cc1. The van der Waals surface area contributed by atoms with E-state index >= 15 is 0 Å². The van der Waals surface area contributed by atoms with Crippen LogP contribution in [-0.4, -0.2) is 49.0 Å². The first kappa shape index (κ1) is 19.1. The Hall–Kier alpha value is -2.23. The number of anilines is 2. The predicted octanol–water partition coefficient (Wildman–Crippen LogP) is 1.74. The predicted molar refractivity (Wildman–Crippen MR) is 110 cm³/mol. The number of hydrazine groups is 1. The van der Waals surface area contributed by atoms with Gasteiger partial charge >= 0.3 is 0 Å². The molecule has 1 aromatic carbocycles. The molecule has 0 saturated carbocycles. The molecule has 0 radical (unpaired) electrons. The normalized spacial score (nSPS) is 25.2. The molecule has 2 atom stereocenters. The van der Waals surface area contributed by atoms with Gasteiger partial charge in [-0.1, -0.05) is 12.1 Å². The van der Waals surface area contributed by atoms with Crippen LogP contribution in [0.2, 0.25) is 0 Å². The maximum Gasteiger partial charge on any atom is 0.238 e. The lowest BCUT2D eigenvalue weighted by Gasteiger charge is -2.19. The highest BCUT2D eigenvalue weighted by atomic mass is 32.2. The number of benzene rings is 1. The molecule has 4 rings (SSSR count). The lowest BCUT2D eigenvalue weighted by atomic mass is 10.1. The van der Waals surface area contributed by atoms with E-state index in [1.165, 1.54) is 12.8 Å². The quantitative estimate of drug-likeness (QED) is 0.700. The fourth-order valence-electron chi connectivity index (χ4n) is 3.93. The van der Waals surface area contributed by atoms with Gasteiger partial charge in [0.25, 0.3) is 0 Å². The highest BCUT2D eigenvalue weighted by Gasteiger charge is 2.40. The Kier molecular flexibility index (Phi) is 5.22. The Morgan fingerprint density at radius 1 is 0.964 bits per heavy atom. The minimum Gasteiger partial charge on any atom is -0.355 e. The average molecular weight is 403 g/mol. The summed E-state index contributed by atoms with van der Waals surface area (Å²) in [6.07, 6.45) is 2.40. The van der Waals surface area contributed by atoms with Crippen molar-refractivity contribution in [2.24, 2.45) is 0 Å². The standard InChI is InChI=1S/C19H26N6O2S/c1-13-19(14(2)21-20-13)28(26,27)24-16-7-5-15(6-8-16)17-9-10-18(23-22-17)25-11-3-4-12-25/h5-10,13-14,19-21,24H,3-4,11-12H2,1-2H3. The molecule has 150 valence electrons. The van der Waals surface area contributed by atoms with Crippen molar-refractivity contribution in [3.63, 3.8) is 0 Å². The lowest BCUT2D eigenvalue weighted by Crippen LogP contribution is -2.41. The zero-order valence-electron chi connectivity index (χ0n) is 16.1. The summed E-state index contributed by atoms with van der Waals surface area (Å²) in [6.45, 7) is 5.78. The van der Waals surface area contributed by atoms with Crippen molar-refractivity contribution in [2.45, 2.75) is 44.0 Å². The van der Waals surface area contributed by atoms with Gasteiger partial charge in [-0.05, 0) is 51.0 Å². The van der Waals surface area contributed by atoms with Gasteiger partial charge < -0.3 is 4.90 Å². The van der Waals surface area contributed by atoms with E-state index in [0.717, 1.165) is 30.2 Å². The largest absolute Gasteiger partial charge is 0.355 e. The van der Waals surface area contributed by atoms with Crippen LogP contribution in [0.5, 0.6) is 0 Å². The fraction of sp³-hybridized carbons (Fsp3) is 0.474. The van der Waals surface area contributed by atoms with E-state index in [2.05, 4.69) is 30.7 Å². The Morgan fingerprint density at radius 3 is 2.18 bits per heavy atom. The molecular formula is C19H26N6O2S. The third-order valence-electron chi connectivity index (χ3n) is 5.40. The smallest absolute Gasteiger partial charge is 0.238 e. The van der Waals surface area contributed by atoms with Crippen molar-refractivity contribution < 1.29 is 8.42 Å². The second kappa shape index (κ2) is 7.65. The van der Waals surface area contributed by atoms with Gasteiger partial charge in [0.2, 0.25) is 10.0 Å². The molecule has 3 heterocycles. The molecule has 0 aliphatic carbocycles. The summed E-state index contributed by atoms with van der Waals surface area (Å²) in [5, 5.41) is 8.13. The van der Waals surface area contributed by atoms with Crippen LogP contribution in [0, 0.1) is 0 Å². The van der Waals surface area contributed by atoms with E-state index in [9.17, 15) is 8.42 Å². The van der Waals surface area contributed by atoms with Gasteiger partial charge in [0.1, 0.15) is 5.25 Å². The van der Waals surface area contributed by atoms with E-state index in [1.54, 1.807) is 12.1 Å². The highest BCUT2D eigenvalue weighted by Crippen LogP contribution is 2.24. The minimum absolute atomic E-state index is 0.170. The van der Waals surface area contributed by atoms with Gasteiger partial charge in [0.05, 0.1) is 5.69 Å². The Labute approximate surface area is 165 Å². The second-order valence-corrected chi connectivity index (χ2v) is 9.36. The Morgan fingerprint density at radius 2 is 1.61 bits per heavy atom. The molecule has 0 spiro atoms. The third-order valence-corrected chi connectivity index (χ3v) is 7.46. The number of hydrogen-bond acceptors (Lipinski definition) is 7. The lowest BCUT2D eigenvalue weighted by molar-refractivity contribution is 0.564. The fourth-order valence-corrected chi connectivity index (χ4v) is 5.74. The van der Waals surface area contributed by atoms with Crippen LogP contribution < -0.4 is 20.5 Å². The Balaban J connectivity index is 1.46. The van der Waals surface area contributed by atoms with Crippen molar-refractivity contribution in [3.8, 4) is 11.3 Å². The molecule has 2 aromatic rings. The molecule has 2 aliphatic heterocycles. The maximum absolute atomic E-state index is 12.7. The first-order chi connectivity index (χ1) is 13.4. The summed E-state index contributed by atoms with van der Waals surface area (Å²) in [4.78, 5) is 2.24. The number of nitrogens with zero attached hydrogens (tertiary/aromatic N) is 3. The van der Waals surface area contributed by atoms with Gasteiger partial charge in [-0.25, -0.2) is 8.42 Å². The molecule has 2 unspecified atom stereocenters. The van der Waals surface area contributed by atoms with Crippen LogP contribution in [0.4, 0.5) is 11.5 Å². The number of rotatable bonds is 5. The van der Waals surface area contributed by atoms with Crippen LogP contribution >= 0.6 is 0 Å². The highest BCUT2D eigenvalue weighted by molar-refractivity contribution is 7.93. The summed E-state index contributed by atoms with van der Waals surface area (Å²) in [6, 6.07) is 10.8. The van der Waals surface area contributed by atoms with Crippen LogP contribution in [0.25, 0.3) is 11.3 Å². The van der Waals surface area contributed by atoms with E-state index in [4.69, 9.17) is 0 Å². The minimum atomic E-state index is -3.51. The molecule has 0 amide bonds. The van der Waals surface area contributed by atoms with E-state index in [0.29, 0.717) is 5.69 Å². The van der Waals surface area contributed by atoms with Gasteiger partial charge in [-0.3, -0.25) is 15.6 Å². The van der Waals surface area contributed by atoms with Crippen LogP contribution in [0.1, 0.15) is 26.7 Å². The molecule has 2 fully saturated rings. The average Bonchev–Trinajstić information content (AvgIpc) is 3.32. The van der Waals surface area contributed by atoms with E-state index in [-0.39, 0.29) is 12.1 Å². The van der Waals surface area contributed by atoms with Crippen LogP contribution in [-0.2, 0) is 10.0 Å². The summed E-state index contributed by atoms with van der Waals surface area (Å²) >= 11 is 0. The number of hydrogen-bond donors (Lipinski definition) is 3.